The number of fused-ring (bicyclic) bond motifs is 1. The van der Waals surface area contributed by atoms with Crippen LogP contribution in [0.5, 0.6) is 5.75 Å². The lowest BCUT2D eigenvalue weighted by atomic mass is 10.1. The summed E-state index contributed by atoms with van der Waals surface area (Å²) >= 11 is 0. The molecular formula is C26H27N3O2. The van der Waals surface area contributed by atoms with Crippen LogP contribution in [0, 0.1) is 6.92 Å². The number of imidazole rings is 1. The molecule has 1 N–H and O–H groups in total. The number of hydrogen-bond acceptors (Lipinski definition) is 3. The molecule has 0 aliphatic rings. The van der Waals surface area contributed by atoms with Crippen molar-refractivity contribution in [3.63, 3.8) is 0 Å². The quantitative estimate of drug-likeness (QED) is 0.450. The molecule has 0 radical (unpaired) electrons. The molecule has 3 aromatic carbocycles. The van der Waals surface area contributed by atoms with Crippen molar-refractivity contribution in [3.05, 3.63) is 95.8 Å². The van der Waals surface area contributed by atoms with Crippen molar-refractivity contribution in [3.8, 4) is 5.75 Å². The van der Waals surface area contributed by atoms with Gasteiger partial charge in [0, 0.05) is 0 Å². The van der Waals surface area contributed by atoms with Crippen molar-refractivity contribution in [2.24, 2.45) is 0 Å². The average Bonchev–Trinajstić information content (AvgIpc) is 3.15. The normalized spacial score (nSPS) is 11.9. The van der Waals surface area contributed by atoms with Crippen molar-refractivity contribution >= 4 is 16.9 Å². The Morgan fingerprint density at radius 2 is 1.71 bits per heavy atom. The fourth-order valence-electron chi connectivity index (χ4n) is 3.69. The van der Waals surface area contributed by atoms with E-state index in [2.05, 4.69) is 22.9 Å². The number of hydrogen-bond donors (Lipinski definition) is 1. The van der Waals surface area contributed by atoms with E-state index in [1.165, 1.54) is 5.56 Å². The van der Waals surface area contributed by atoms with E-state index in [9.17, 15) is 4.79 Å². The van der Waals surface area contributed by atoms with Crippen LogP contribution in [-0.4, -0.2) is 22.1 Å². The Morgan fingerprint density at radius 1 is 1.00 bits per heavy atom. The monoisotopic (exact) mass is 413 g/mol. The number of carbonyl (C=O) groups is 1. The van der Waals surface area contributed by atoms with Gasteiger partial charge in [-0.1, -0.05) is 60.2 Å². The largest absolute Gasteiger partial charge is 0.492 e. The van der Waals surface area contributed by atoms with E-state index in [-0.39, 0.29) is 11.9 Å². The molecule has 0 saturated heterocycles. The Hall–Kier alpha value is -3.60. The van der Waals surface area contributed by atoms with Crippen molar-refractivity contribution in [2.45, 2.75) is 32.9 Å². The van der Waals surface area contributed by atoms with Crippen LogP contribution < -0.4 is 10.1 Å². The summed E-state index contributed by atoms with van der Waals surface area (Å²) in [6.07, 6.45) is 0.349. The zero-order chi connectivity index (χ0) is 21.6. The molecule has 1 amide bonds. The molecule has 5 heteroatoms. The second-order valence-electron chi connectivity index (χ2n) is 7.72. The molecule has 4 rings (SSSR count). The molecule has 0 fully saturated rings. The Labute approximate surface area is 182 Å². The summed E-state index contributed by atoms with van der Waals surface area (Å²) in [7, 11) is 0. The number of nitrogens with one attached hydrogen (secondary N) is 1. The fourth-order valence-corrected chi connectivity index (χ4v) is 3.69. The first kappa shape index (κ1) is 20.7. The number of para-hydroxylation sites is 2. The predicted molar refractivity (Wildman–Crippen MR) is 123 cm³/mol. The van der Waals surface area contributed by atoms with E-state index in [0.29, 0.717) is 19.6 Å². The Kier molecular flexibility index (Phi) is 6.32. The average molecular weight is 414 g/mol. The van der Waals surface area contributed by atoms with Crippen LogP contribution in [0.1, 0.15) is 29.9 Å². The van der Waals surface area contributed by atoms with Crippen molar-refractivity contribution in [2.75, 3.05) is 6.61 Å². The summed E-state index contributed by atoms with van der Waals surface area (Å²) < 4.78 is 8.08. The Bertz CT molecular complexity index is 1150. The van der Waals surface area contributed by atoms with Gasteiger partial charge in [0.15, 0.2) is 0 Å². The van der Waals surface area contributed by atoms with Gasteiger partial charge in [-0.25, -0.2) is 4.98 Å². The highest BCUT2D eigenvalue weighted by atomic mass is 16.5. The number of benzene rings is 3. The maximum atomic E-state index is 12.6. The molecule has 158 valence electrons. The highest BCUT2D eigenvalue weighted by molar-refractivity contribution is 5.79. The number of carbonyl (C=O) groups excluding carboxylic acids is 1. The number of ether oxygens (including phenoxy) is 1. The number of nitrogens with zero attached hydrogens (tertiary/aromatic N) is 2. The van der Waals surface area contributed by atoms with Gasteiger partial charge in [0.05, 0.1) is 30.0 Å². The van der Waals surface area contributed by atoms with Gasteiger partial charge in [0.2, 0.25) is 5.91 Å². The van der Waals surface area contributed by atoms with Gasteiger partial charge in [-0.3, -0.25) is 4.79 Å². The first-order valence-corrected chi connectivity index (χ1v) is 10.6. The summed E-state index contributed by atoms with van der Waals surface area (Å²) in [4.78, 5) is 17.4. The van der Waals surface area contributed by atoms with Crippen molar-refractivity contribution in [1.82, 2.24) is 14.9 Å². The van der Waals surface area contributed by atoms with E-state index >= 15 is 0 Å². The summed E-state index contributed by atoms with van der Waals surface area (Å²) in [5, 5.41) is 3.10. The molecule has 1 atom stereocenters. The molecule has 5 nitrogen and oxygen atoms in total. The van der Waals surface area contributed by atoms with E-state index < -0.39 is 0 Å². The van der Waals surface area contributed by atoms with Gasteiger partial charge >= 0.3 is 0 Å². The maximum Gasteiger partial charge on any atom is 0.224 e. The SMILES string of the molecule is Cc1ccc(OCCn2c(C(C)NC(=O)Cc3ccccc3)nc3ccccc32)cc1. The molecule has 4 aromatic rings. The number of rotatable bonds is 8. The van der Waals surface area contributed by atoms with E-state index in [1.54, 1.807) is 0 Å². The second kappa shape index (κ2) is 9.47. The molecular weight excluding hydrogens is 386 g/mol. The highest BCUT2D eigenvalue weighted by Gasteiger charge is 2.18. The van der Waals surface area contributed by atoms with Crippen LogP contribution in [0.4, 0.5) is 0 Å². The third kappa shape index (κ3) is 5.12. The molecule has 31 heavy (non-hydrogen) atoms. The van der Waals surface area contributed by atoms with Gasteiger partial charge in [-0.2, -0.15) is 0 Å². The summed E-state index contributed by atoms with van der Waals surface area (Å²) in [6, 6.07) is 25.6. The summed E-state index contributed by atoms with van der Waals surface area (Å²) in [5.74, 6) is 1.66. The Balaban J connectivity index is 1.48. The smallest absolute Gasteiger partial charge is 0.224 e. The van der Waals surface area contributed by atoms with Crippen LogP contribution in [0.15, 0.2) is 78.9 Å². The molecule has 0 saturated carbocycles. The van der Waals surface area contributed by atoms with Crippen LogP contribution in [0.3, 0.4) is 0 Å². The van der Waals surface area contributed by atoms with E-state index in [1.807, 2.05) is 79.7 Å². The lowest BCUT2D eigenvalue weighted by molar-refractivity contribution is -0.121. The summed E-state index contributed by atoms with van der Waals surface area (Å²) in [6.45, 7) is 5.19. The third-order valence-corrected chi connectivity index (χ3v) is 5.26. The standard InChI is InChI=1S/C26H27N3O2/c1-19-12-14-22(15-13-19)31-17-16-29-24-11-7-6-10-23(24)28-26(29)20(2)27-25(30)18-21-8-4-3-5-9-21/h3-15,20H,16-18H2,1-2H3,(H,27,30). The van der Waals surface area contributed by atoms with Crippen molar-refractivity contribution in [1.29, 1.82) is 0 Å². The molecule has 0 bridgehead atoms. The minimum Gasteiger partial charge on any atom is -0.492 e. The van der Waals surface area contributed by atoms with Gasteiger partial charge in [-0.15, -0.1) is 0 Å². The minimum absolute atomic E-state index is 0.0202. The summed E-state index contributed by atoms with van der Waals surface area (Å²) in [5.41, 5.74) is 4.15. The highest BCUT2D eigenvalue weighted by Crippen LogP contribution is 2.21. The zero-order valence-corrected chi connectivity index (χ0v) is 17.9. The maximum absolute atomic E-state index is 12.6. The van der Waals surface area contributed by atoms with Crippen LogP contribution in [0.2, 0.25) is 0 Å². The number of amides is 1. The minimum atomic E-state index is -0.219. The lowest BCUT2D eigenvalue weighted by Gasteiger charge is -2.17. The number of aryl methyl sites for hydroxylation is 1. The van der Waals surface area contributed by atoms with Crippen molar-refractivity contribution < 1.29 is 9.53 Å². The van der Waals surface area contributed by atoms with Gasteiger partial charge < -0.3 is 14.6 Å². The number of aromatic nitrogens is 2. The molecule has 0 spiro atoms. The van der Waals surface area contributed by atoms with Crippen LogP contribution >= 0.6 is 0 Å². The molecule has 0 aliphatic heterocycles. The lowest BCUT2D eigenvalue weighted by Crippen LogP contribution is -2.30. The van der Waals surface area contributed by atoms with E-state index in [4.69, 9.17) is 9.72 Å². The zero-order valence-electron chi connectivity index (χ0n) is 17.9. The molecule has 1 unspecified atom stereocenters. The van der Waals surface area contributed by atoms with E-state index in [0.717, 1.165) is 28.2 Å². The molecule has 0 aliphatic carbocycles. The molecule has 1 heterocycles. The van der Waals surface area contributed by atoms with Crippen LogP contribution in [0.25, 0.3) is 11.0 Å². The van der Waals surface area contributed by atoms with Gasteiger partial charge in [0.25, 0.3) is 0 Å². The topological polar surface area (TPSA) is 56.1 Å². The Morgan fingerprint density at radius 3 is 2.48 bits per heavy atom. The van der Waals surface area contributed by atoms with Gasteiger partial charge in [-0.05, 0) is 43.7 Å². The van der Waals surface area contributed by atoms with Crippen LogP contribution in [-0.2, 0) is 17.8 Å². The third-order valence-electron chi connectivity index (χ3n) is 5.26. The predicted octanol–water partition coefficient (Wildman–Crippen LogP) is 4.84. The molecule has 1 aromatic heterocycles. The first-order chi connectivity index (χ1) is 15.1. The second-order valence-corrected chi connectivity index (χ2v) is 7.72. The fraction of sp³-hybridized carbons (Fsp3) is 0.231. The van der Waals surface area contributed by atoms with Gasteiger partial charge in [0.1, 0.15) is 18.2 Å². The first-order valence-electron chi connectivity index (χ1n) is 10.6.